The molecule has 6 heteroatoms. The first-order valence-corrected chi connectivity index (χ1v) is 11.2. The molecule has 2 aromatic carbocycles. The van der Waals surface area contributed by atoms with E-state index in [0.717, 1.165) is 69.2 Å². The minimum Gasteiger partial charge on any atom is -0.484 e. The number of hydrogen-bond donors (Lipinski definition) is 0. The van der Waals surface area contributed by atoms with Gasteiger partial charge in [0.2, 0.25) is 0 Å². The van der Waals surface area contributed by atoms with Gasteiger partial charge in [-0.05, 0) is 42.7 Å². The van der Waals surface area contributed by atoms with Gasteiger partial charge in [0.15, 0.2) is 6.61 Å². The summed E-state index contributed by atoms with van der Waals surface area (Å²) in [6.07, 6.45) is 2.19. The minimum absolute atomic E-state index is 0.0699. The zero-order chi connectivity index (χ0) is 20.8. The number of nitrogens with zero attached hydrogens (tertiary/aromatic N) is 3. The van der Waals surface area contributed by atoms with Gasteiger partial charge in [0, 0.05) is 51.4 Å². The van der Waals surface area contributed by atoms with Crippen LogP contribution in [0, 0.1) is 0 Å². The summed E-state index contributed by atoms with van der Waals surface area (Å²) in [5.41, 5.74) is 2.38. The van der Waals surface area contributed by atoms with Gasteiger partial charge >= 0.3 is 0 Å². The van der Waals surface area contributed by atoms with Crippen LogP contribution in [-0.2, 0) is 11.3 Å². The van der Waals surface area contributed by atoms with Crippen molar-refractivity contribution in [3.8, 4) is 5.75 Å². The third kappa shape index (κ3) is 5.37. The van der Waals surface area contributed by atoms with Gasteiger partial charge in [-0.25, -0.2) is 0 Å². The number of piperazine rings is 1. The Balaban J connectivity index is 1.24. The predicted octanol–water partition coefficient (Wildman–Crippen LogP) is 3.18. The zero-order valence-electron chi connectivity index (χ0n) is 17.3. The average Bonchev–Trinajstić information content (AvgIpc) is 3.34. The van der Waals surface area contributed by atoms with Gasteiger partial charge in [0.05, 0.1) is 0 Å². The number of likely N-dealkylation sites (tertiary alicyclic amines) is 1. The molecule has 2 aliphatic heterocycles. The Hall–Kier alpha value is -2.44. The maximum absolute atomic E-state index is 12.1. The van der Waals surface area contributed by atoms with Crippen LogP contribution >= 0.6 is 12.2 Å². The molecule has 0 atom stereocenters. The van der Waals surface area contributed by atoms with E-state index in [0.29, 0.717) is 5.75 Å². The first kappa shape index (κ1) is 20.8. The lowest BCUT2D eigenvalue weighted by Crippen LogP contribution is -2.48. The molecule has 30 heavy (non-hydrogen) atoms. The van der Waals surface area contributed by atoms with Crippen LogP contribution in [0.5, 0.6) is 5.75 Å². The molecule has 2 heterocycles. The standard InChI is InChI=1S/C24H29N3O2S/c28-23(26-12-4-5-13-26)19-29-22-10-8-21(9-11-22)24(30)27-16-14-25(15-17-27)18-20-6-2-1-3-7-20/h1-3,6-11H,4-5,12-19H2. The van der Waals surface area contributed by atoms with Crippen LogP contribution in [-0.4, -0.2) is 71.5 Å². The van der Waals surface area contributed by atoms with Crippen molar-refractivity contribution in [3.05, 3.63) is 65.7 Å². The van der Waals surface area contributed by atoms with E-state index in [2.05, 4.69) is 40.1 Å². The molecule has 2 aliphatic rings. The number of hydrogen-bond acceptors (Lipinski definition) is 4. The van der Waals surface area contributed by atoms with E-state index in [1.54, 1.807) is 0 Å². The number of benzene rings is 2. The van der Waals surface area contributed by atoms with Crippen molar-refractivity contribution >= 4 is 23.1 Å². The Morgan fingerprint density at radius 1 is 0.833 bits per heavy atom. The molecule has 0 unspecified atom stereocenters. The van der Waals surface area contributed by atoms with Crippen LogP contribution in [0.4, 0.5) is 0 Å². The third-order valence-corrected chi connectivity index (χ3v) is 6.32. The van der Waals surface area contributed by atoms with Crippen LogP contribution < -0.4 is 4.74 Å². The first-order valence-electron chi connectivity index (χ1n) is 10.8. The van der Waals surface area contributed by atoms with Gasteiger partial charge in [0.25, 0.3) is 5.91 Å². The van der Waals surface area contributed by atoms with Crippen LogP contribution in [0.1, 0.15) is 24.0 Å². The molecule has 158 valence electrons. The Kier molecular flexibility index (Phi) is 6.97. The van der Waals surface area contributed by atoms with E-state index in [-0.39, 0.29) is 12.5 Å². The molecule has 0 aromatic heterocycles. The number of amides is 1. The number of ether oxygens (including phenoxy) is 1. The molecule has 0 saturated carbocycles. The molecule has 2 fully saturated rings. The molecule has 5 nitrogen and oxygen atoms in total. The highest BCUT2D eigenvalue weighted by Crippen LogP contribution is 2.17. The maximum atomic E-state index is 12.1. The van der Waals surface area contributed by atoms with E-state index in [9.17, 15) is 4.79 Å². The van der Waals surface area contributed by atoms with Gasteiger partial charge in [-0.1, -0.05) is 42.5 Å². The van der Waals surface area contributed by atoms with Crippen molar-refractivity contribution in [2.24, 2.45) is 0 Å². The average molecular weight is 424 g/mol. The third-order valence-electron chi connectivity index (χ3n) is 5.83. The Bertz CT molecular complexity index is 843. The summed E-state index contributed by atoms with van der Waals surface area (Å²) in [7, 11) is 0. The maximum Gasteiger partial charge on any atom is 0.260 e. The lowest BCUT2D eigenvalue weighted by molar-refractivity contribution is -0.132. The zero-order valence-corrected chi connectivity index (χ0v) is 18.2. The van der Waals surface area contributed by atoms with E-state index < -0.39 is 0 Å². The molecule has 2 saturated heterocycles. The summed E-state index contributed by atoms with van der Waals surface area (Å²) >= 11 is 5.74. The summed E-state index contributed by atoms with van der Waals surface area (Å²) in [5, 5.41) is 0. The van der Waals surface area contributed by atoms with Crippen LogP contribution in [0.15, 0.2) is 54.6 Å². The van der Waals surface area contributed by atoms with Crippen molar-refractivity contribution in [3.63, 3.8) is 0 Å². The highest BCUT2D eigenvalue weighted by atomic mass is 32.1. The summed E-state index contributed by atoms with van der Waals surface area (Å²) in [6, 6.07) is 18.4. The molecular weight excluding hydrogens is 394 g/mol. The van der Waals surface area contributed by atoms with E-state index in [4.69, 9.17) is 17.0 Å². The van der Waals surface area contributed by atoms with Crippen molar-refractivity contribution in [1.29, 1.82) is 0 Å². The molecule has 2 aromatic rings. The van der Waals surface area contributed by atoms with Gasteiger partial charge in [-0.3, -0.25) is 9.69 Å². The number of carbonyl (C=O) groups excluding carboxylic acids is 1. The van der Waals surface area contributed by atoms with Crippen LogP contribution in [0.2, 0.25) is 0 Å². The predicted molar refractivity (Wildman–Crippen MR) is 123 cm³/mol. The monoisotopic (exact) mass is 423 g/mol. The smallest absolute Gasteiger partial charge is 0.260 e. The second kappa shape index (κ2) is 10.0. The normalized spacial score (nSPS) is 17.2. The summed E-state index contributed by atoms with van der Waals surface area (Å²) in [4.78, 5) is 19.6. The molecule has 0 radical (unpaired) electrons. The Labute approximate surface area is 184 Å². The second-order valence-corrected chi connectivity index (χ2v) is 8.34. The molecule has 0 N–H and O–H groups in total. The fourth-order valence-electron chi connectivity index (χ4n) is 4.03. The van der Waals surface area contributed by atoms with Gasteiger partial charge < -0.3 is 14.5 Å². The Morgan fingerprint density at radius 2 is 1.50 bits per heavy atom. The van der Waals surface area contributed by atoms with Crippen LogP contribution in [0.25, 0.3) is 0 Å². The van der Waals surface area contributed by atoms with Crippen molar-refractivity contribution in [1.82, 2.24) is 14.7 Å². The lowest BCUT2D eigenvalue weighted by atomic mass is 10.1. The van der Waals surface area contributed by atoms with Crippen molar-refractivity contribution in [2.75, 3.05) is 45.9 Å². The molecule has 0 aliphatic carbocycles. The summed E-state index contributed by atoms with van der Waals surface area (Å²) < 4.78 is 5.68. The minimum atomic E-state index is 0.0699. The van der Waals surface area contributed by atoms with Crippen LogP contribution in [0.3, 0.4) is 0 Å². The van der Waals surface area contributed by atoms with E-state index >= 15 is 0 Å². The second-order valence-electron chi connectivity index (χ2n) is 7.95. The fraction of sp³-hybridized carbons (Fsp3) is 0.417. The largest absolute Gasteiger partial charge is 0.484 e. The van der Waals surface area contributed by atoms with Crippen molar-refractivity contribution < 1.29 is 9.53 Å². The summed E-state index contributed by atoms with van der Waals surface area (Å²) in [6.45, 7) is 6.70. The van der Waals surface area contributed by atoms with E-state index in [1.165, 1.54) is 5.56 Å². The molecule has 4 rings (SSSR count). The first-order chi connectivity index (χ1) is 14.7. The topological polar surface area (TPSA) is 36.0 Å². The molecule has 0 spiro atoms. The summed E-state index contributed by atoms with van der Waals surface area (Å²) in [5.74, 6) is 0.780. The molecule has 1 amide bonds. The van der Waals surface area contributed by atoms with Crippen molar-refractivity contribution in [2.45, 2.75) is 19.4 Å². The lowest BCUT2D eigenvalue weighted by Gasteiger charge is -2.36. The SMILES string of the molecule is O=C(COc1ccc(C(=S)N2CCN(Cc3ccccc3)CC2)cc1)N1CCCC1. The van der Waals surface area contributed by atoms with E-state index in [1.807, 2.05) is 29.2 Å². The highest BCUT2D eigenvalue weighted by molar-refractivity contribution is 7.80. The highest BCUT2D eigenvalue weighted by Gasteiger charge is 2.20. The number of rotatable bonds is 6. The Morgan fingerprint density at radius 3 is 2.17 bits per heavy atom. The molecular formula is C24H29N3O2S. The molecule has 0 bridgehead atoms. The number of carbonyl (C=O) groups is 1. The number of thiocarbonyl (C=S) groups is 1. The van der Waals surface area contributed by atoms with Gasteiger partial charge in [-0.2, -0.15) is 0 Å². The fourth-order valence-corrected chi connectivity index (χ4v) is 4.35. The van der Waals surface area contributed by atoms with Gasteiger partial charge in [0.1, 0.15) is 10.7 Å². The quantitative estimate of drug-likeness (QED) is 0.667. The van der Waals surface area contributed by atoms with Gasteiger partial charge in [-0.15, -0.1) is 0 Å².